The van der Waals surface area contributed by atoms with Gasteiger partial charge >= 0.3 is 0 Å². The van der Waals surface area contributed by atoms with E-state index in [0.717, 1.165) is 31.7 Å². The lowest BCUT2D eigenvalue weighted by atomic mass is 9.92. The standard InChI is InChI=1S/C22H29FN4O/c1-16(18-8-10-19(11-9-18)22(3,4)25-17(2)28)26-12-14-27(15-13-26)21-7-5-6-20(23)24-21/h5-11,16H,12-15H2,1-4H3,(H,25,28). The van der Waals surface area contributed by atoms with Crippen molar-refractivity contribution < 1.29 is 9.18 Å². The number of piperazine rings is 1. The fourth-order valence-electron chi connectivity index (χ4n) is 3.81. The molecule has 1 saturated heterocycles. The topological polar surface area (TPSA) is 48.5 Å². The SMILES string of the molecule is CC(=O)NC(C)(C)c1ccc(C(C)N2CCN(c3cccc(F)n3)CC2)cc1. The van der Waals surface area contributed by atoms with Crippen LogP contribution in [0.1, 0.15) is 44.9 Å². The van der Waals surface area contributed by atoms with Gasteiger partial charge in [-0.2, -0.15) is 4.39 Å². The van der Waals surface area contributed by atoms with Gasteiger partial charge in [0.1, 0.15) is 5.82 Å². The summed E-state index contributed by atoms with van der Waals surface area (Å²) >= 11 is 0. The number of carbonyl (C=O) groups is 1. The zero-order chi connectivity index (χ0) is 20.3. The maximum absolute atomic E-state index is 13.4. The molecule has 0 saturated carbocycles. The molecule has 2 aromatic rings. The molecule has 1 aliphatic heterocycles. The van der Waals surface area contributed by atoms with Crippen molar-refractivity contribution in [2.75, 3.05) is 31.1 Å². The van der Waals surface area contributed by atoms with Gasteiger partial charge in [0.15, 0.2) is 0 Å². The van der Waals surface area contributed by atoms with E-state index in [4.69, 9.17) is 0 Å². The van der Waals surface area contributed by atoms with Gasteiger partial charge in [-0.1, -0.05) is 30.3 Å². The number of aromatic nitrogens is 1. The van der Waals surface area contributed by atoms with Gasteiger partial charge in [-0.15, -0.1) is 0 Å². The van der Waals surface area contributed by atoms with E-state index >= 15 is 0 Å². The predicted octanol–water partition coefficient (Wildman–Crippen LogP) is 3.48. The average molecular weight is 384 g/mol. The maximum atomic E-state index is 13.4. The molecule has 0 bridgehead atoms. The van der Waals surface area contributed by atoms with Gasteiger partial charge in [-0.05, 0) is 44.0 Å². The number of nitrogens with zero attached hydrogens (tertiary/aromatic N) is 3. The molecule has 1 aromatic carbocycles. The van der Waals surface area contributed by atoms with Crippen molar-refractivity contribution in [3.63, 3.8) is 0 Å². The number of rotatable bonds is 5. The van der Waals surface area contributed by atoms with E-state index in [-0.39, 0.29) is 5.91 Å². The normalized spacial score (nSPS) is 16.7. The Morgan fingerprint density at radius 2 is 1.75 bits per heavy atom. The summed E-state index contributed by atoms with van der Waals surface area (Å²) in [5.41, 5.74) is 1.94. The number of carbonyl (C=O) groups excluding carboxylic acids is 1. The Hall–Kier alpha value is -2.47. The minimum absolute atomic E-state index is 0.0342. The molecule has 150 valence electrons. The first-order valence-electron chi connectivity index (χ1n) is 9.77. The summed E-state index contributed by atoms with van der Waals surface area (Å²) in [6, 6.07) is 13.7. The Kier molecular flexibility index (Phi) is 5.98. The van der Waals surface area contributed by atoms with Crippen LogP contribution in [0.15, 0.2) is 42.5 Å². The highest BCUT2D eigenvalue weighted by Crippen LogP contribution is 2.26. The Bertz CT molecular complexity index is 814. The monoisotopic (exact) mass is 384 g/mol. The summed E-state index contributed by atoms with van der Waals surface area (Å²) in [6.07, 6.45) is 0. The van der Waals surface area contributed by atoms with Crippen molar-refractivity contribution in [2.24, 2.45) is 0 Å². The van der Waals surface area contributed by atoms with Crippen LogP contribution in [0, 0.1) is 5.95 Å². The van der Waals surface area contributed by atoms with Crippen molar-refractivity contribution in [3.8, 4) is 0 Å². The van der Waals surface area contributed by atoms with E-state index in [0.29, 0.717) is 11.9 Å². The highest BCUT2D eigenvalue weighted by Gasteiger charge is 2.24. The maximum Gasteiger partial charge on any atom is 0.217 e. The van der Waals surface area contributed by atoms with Crippen LogP contribution in [0.4, 0.5) is 10.2 Å². The van der Waals surface area contributed by atoms with Gasteiger partial charge in [-0.25, -0.2) is 4.98 Å². The number of halogens is 1. The zero-order valence-electron chi connectivity index (χ0n) is 17.1. The fourth-order valence-corrected chi connectivity index (χ4v) is 3.81. The molecule has 0 spiro atoms. The van der Waals surface area contributed by atoms with Gasteiger partial charge in [-0.3, -0.25) is 9.69 Å². The summed E-state index contributed by atoms with van der Waals surface area (Å²) in [7, 11) is 0. The smallest absolute Gasteiger partial charge is 0.217 e. The number of pyridine rings is 1. The first kappa shape index (κ1) is 20.3. The largest absolute Gasteiger partial charge is 0.354 e. The van der Waals surface area contributed by atoms with Crippen LogP contribution in [0.3, 0.4) is 0 Å². The Morgan fingerprint density at radius 3 is 2.32 bits per heavy atom. The van der Waals surface area contributed by atoms with E-state index in [1.165, 1.54) is 18.6 Å². The van der Waals surface area contributed by atoms with Gasteiger partial charge in [0.2, 0.25) is 11.9 Å². The quantitative estimate of drug-likeness (QED) is 0.802. The summed E-state index contributed by atoms with van der Waals surface area (Å²) < 4.78 is 13.4. The molecule has 0 radical (unpaired) electrons. The lowest BCUT2D eigenvalue weighted by molar-refractivity contribution is -0.120. The van der Waals surface area contributed by atoms with Gasteiger partial charge in [0.05, 0.1) is 5.54 Å². The first-order chi connectivity index (χ1) is 13.3. The third kappa shape index (κ3) is 4.68. The van der Waals surface area contributed by atoms with Crippen LogP contribution in [0.25, 0.3) is 0 Å². The minimum Gasteiger partial charge on any atom is -0.354 e. The van der Waals surface area contributed by atoms with Crippen LogP contribution in [0.2, 0.25) is 0 Å². The lowest BCUT2D eigenvalue weighted by Gasteiger charge is -2.38. The average Bonchev–Trinajstić information content (AvgIpc) is 2.67. The zero-order valence-corrected chi connectivity index (χ0v) is 17.1. The number of hydrogen-bond acceptors (Lipinski definition) is 4. The fraction of sp³-hybridized carbons (Fsp3) is 0.455. The van der Waals surface area contributed by atoms with Crippen molar-refractivity contribution in [3.05, 3.63) is 59.5 Å². The molecular formula is C22H29FN4O. The summed E-state index contributed by atoms with van der Waals surface area (Å²) in [6.45, 7) is 11.2. The Labute approximate surface area is 166 Å². The number of anilines is 1. The molecule has 3 rings (SSSR count). The van der Waals surface area contributed by atoms with Crippen LogP contribution in [-0.4, -0.2) is 42.0 Å². The minimum atomic E-state index is -0.435. The second-order valence-corrected chi connectivity index (χ2v) is 7.95. The molecule has 1 atom stereocenters. The Morgan fingerprint density at radius 1 is 1.11 bits per heavy atom. The summed E-state index contributed by atoms with van der Waals surface area (Å²) in [5.74, 6) is 0.237. The van der Waals surface area contributed by atoms with E-state index in [2.05, 4.69) is 51.3 Å². The van der Waals surface area contributed by atoms with Crippen LogP contribution >= 0.6 is 0 Å². The molecule has 0 aliphatic carbocycles. The molecule has 2 heterocycles. The molecule has 6 heteroatoms. The van der Waals surface area contributed by atoms with Crippen LogP contribution in [-0.2, 0) is 10.3 Å². The number of benzene rings is 1. The van der Waals surface area contributed by atoms with Gasteiger partial charge in [0, 0.05) is 39.1 Å². The third-order valence-electron chi connectivity index (χ3n) is 5.49. The van der Waals surface area contributed by atoms with E-state index in [1.807, 2.05) is 19.9 Å². The molecule has 1 amide bonds. The number of hydrogen-bond donors (Lipinski definition) is 1. The molecule has 1 fully saturated rings. The van der Waals surface area contributed by atoms with Gasteiger partial charge in [0.25, 0.3) is 0 Å². The summed E-state index contributed by atoms with van der Waals surface area (Å²) in [5, 5.41) is 2.98. The van der Waals surface area contributed by atoms with E-state index in [9.17, 15) is 9.18 Å². The van der Waals surface area contributed by atoms with Crippen LogP contribution in [0.5, 0.6) is 0 Å². The van der Waals surface area contributed by atoms with Gasteiger partial charge < -0.3 is 10.2 Å². The molecule has 5 nitrogen and oxygen atoms in total. The highest BCUT2D eigenvalue weighted by molar-refractivity contribution is 5.74. The van der Waals surface area contributed by atoms with Crippen molar-refractivity contribution >= 4 is 11.7 Å². The highest BCUT2D eigenvalue weighted by atomic mass is 19.1. The molecule has 1 aromatic heterocycles. The van der Waals surface area contributed by atoms with Crippen molar-refractivity contribution in [1.29, 1.82) is 0 Å². The van der Waals surface area contributed by atoms with Crippen molar-refractivity contribution in [1.82, 2.24) is 15.2 Å². The van der Waals surface area contributed by atoms with Crippen molar-refractivity contribution in [2.45, 2.75) is 39.3 Å². The molecule has 1 unspecified atom stereocenters. The third-order valence-corrected chi connectivity index (χ3v) is 5.49. The predicted molar refractivity (Wildman–Crippen MR) is 110 cm³/mol. The molecular weight excluding hydrogens is 355 g/mol. The lowest BCUT2D eigenvalue weighted by Crippen LogP contribution is -2.47. The molecule has 28 heavy (non-hydrogen) atoms. The second kappa shape index (κ2) is 8.27. The van der Waals surface area contributed by atoms with E-state index < -0.39 is 11.5 Å². The molecule has 1 aliphatic rings. The van der Waals surface area contributed by atoms with Crippen LogP contribution < -0.4 is 10.2 Å². The van der Waals surface area contributed by atoms with E-state index in [1.54, 1.807) is 6.07 Å². The summed E-state index contributed by atoms with van der Waals surface area (Å²) in [4.78, 5) is 20.0. The number of nitrogens with one attached hydrogen (secondary N) is 1. The second-order valence-electron chi connectivity index (χ2n) is 7.95. The molecule has 1 N–H and O–H groups in total. The first-order valence-corrected chi connectivity index (χ1v) is 9.77. The Balaban J connectivity index is 1.62. The number of amides is 1.